The Bertz CT molecular complexity index is 961. The van der Waals surface area contributed by atoms with E-state index in [1.54, 1.807) is 13.0 Å². The SMILES string of the molecule is CCCCC(=O)O[C@]1(C(=O)CS)[C@@H](C)C[C@H]2[C@@H]3CCC4=CC(=O)C=C[C@]4(C)[C@@]3(F)C(O)C[C@@]21C. The number of hydrogen-bond donors (Lipinski definition) is 2. The summed E-state index contributed by atoms with van der Waals surface area (Å²) in [6.45, 7) is 7.55. The van der Waals surface area contributed by atoms with Crippen molar-refractivity contribution in [2.45, 2.75) is 90.0 Å². The molecule has 0 amide bonds. The Morgan fingerprint density at radius 3 is 2.65 bits per heavy atom. The minimum absolute atomic E-state index is 0.000237. The molecule has 5 nitrogen and oxygen atoms in total. The minimum atomic E-state index is -1.98. The van der Waals surface area contributed by atoms with E-state index >= 15 is 4.39 Å². The van der Waals surface area contributed by atoms with Crippen molar-refractivity contribution in [2.24, 2.45) is 28.6 Å². The summed E-state index contributed by atoms with van der Waals surface area (Å²) in [4.78, 5) is 38.4. The van der Waals surface area contributed by atoms with Crippen LogP contribution in [0.1, 0.15) is 72.6 Å². The molecule has 7 heteroatoms. The molecule has 3 fully saturated rings. The number of carbonyl (C=O) groups excluding carboxylic acids is 3. The largest absolute Gasteiger partial charge is 0.450 e. The van der Waals surface area contributed by atoms with Crippen LogP contribution in [0.3, 0.4) is 0 Å². The van der Waals surface area contributed by atoms with Crippen LogP contribution in [-0.4, -0.2) is 45.8 Å². The second kappa shape index (κ2) is 8.58. The van der Waals surface area contributed by atoms with Crippen LogP contribution in [0.4, 0.5) is 4.39 Å². The number of ketones is 2. The zero-order valence-electron chi connectivity index (χ0n) is 20.6. The van der Waals surface area contributed by atoms with Gasteiger partial charge in [0.25, 0.3) is 0 Å². The zero-order valence-corrected chi connectivity index (χ0v) is 21.5. The van der Waals surface area contributed by atoms with Crippen molar-refractivity contribution in [3.63, 3.8) is 0 Å². The van der Waals surface area contributed by atoms with E-state index in [0.717, 1.165) is 12.0 Å². The molecule has 0 aliphatic heterocycles. The third kappa shape index (κ3) is 3.18. The summed E-state index contributed by atoms with van der Waals surface area (Å²) in [7, 11) is 0. The molecule has 4 aliphatic rings. The number of thiol groups is 1. The molecule has 0 aromatic rings. The summed E-state index contributed by atoms with van der Waals surface area (Å²) >= 11 is 4.26. The van der Waals surface area contributed by atoms with Crippen molar-refractivity contribution in [1.29, 1.82) is 0 Å². The predicted molar refractivity (Wildman–Crippen MR) is 130 cm³/mol. The Hall–Kier alpha value is -1.47. The summed E-state index contributed by atoms with van der Waals surface area (Å²) in [5, 5.41) is 11.5. The number of carbonyl (C=O) groups is 3. The van der Waals surface area contributed by atoms with Gasteiger partial charge in [-0.3, -0.25) is 14.4 Å². The lowest BCUT2D eigenvalue weighted by atomic mass is 9.44. The minimum Gasteiger partial charge on any atom is -0.450 e. The normalized spacial score (nSPS) is 45.1. The molecule has 0 aromatic carbocycles. The summed E-state index contributed by atoms with van der Waals surface area (Å²) < 4.78 is 23.4. The number of alkyl halides is 1. The standard InChI is InChI=1S/C27H37FO5S/c1-5-6-7-23(32)33-27(22(31)15-34)16(2)12-20-19-9-8-17-13-18(29)10-11-24(17,3)26(19,28)21(30)14-25(20,27)4/h10-11,13,16,19-21,30,34H,5-9,12,14-15H2,1-4H3/t16-,19-,20-,21?,24-,25-,26-,27-/m0/s1. The van der Waals surface area contributed by atoms with Crippen LogP contribution in [-0.2, 0) is 19.1 Å². The van der Waals surface area contributed by atoms with Crippen molar-refractivity contribution in [3.05, 3.63) is 23.8 Å². The molecule has 1 unspecified atom stereocenters. The van der Waals surface area contributed by atoms with Crippen LogP contribution in [0.15, 0.2) is 23.8 Å². The van der Waals surface area contributed by atoms with Crippen LogP contribution < -0.4 is 0 Å². The number of ether oxygens (including phenoxy) is 1. The highest BCUT2D eigenvalue weighted by Gasteiger charge is 2.77. The van der Waals surface area contributed by atoms with Gasteiger partial charge in [0, 0.05) is 29.1 Å². The molecule has 188 valence electrons. The van der Waals surface area contributed by atoms with Crippen LogP contribution in [0.5, 0.6) is 0 Å². The summed E-state index contributed by atoms with van der Waals surface area (Å²) in [5.41, 5.74) is -4.72. The quantitative estimate of drug-likeness (QED) is 0.419. The van der Waals surface area contributed by atoms with E-state index in [1.165, 1.54) is 12.2 Å². The number of unbranched alkanes of at least 4 members (excludes halogenated alkanes) is 1. The third-order valence-electron chi connectivity index (χ3n) is 9.75. The van der Waals surface area contributed by atoms with Gasteiger partial charge in [-0.15, -0.1) is 0 Å². The highest BCUT2D eigenvalue weighted by Crippen LogP contribution is 2.71. The van der Waals surface area contributed by atoms with Gasteiger partial charge in [0.1, 0.15) is 0 Å². The molecule has 0 bridgehead atoms. The van der Waals surface area contributed by atoms with E-state index in [2.05, 4.69) is 12.6 Å². The van der Waals surface area contributed by atoms with Gasteiger partial charge in [0.15, 0.2) is 22.8 Å². The van der Waals surface area contributed by atoms with Crippen LogP contribution in [0, 0.1) is 28.6 Å². The lowest BCUT2D eigenvalue weighted by molar-refractivity contribution is -0.227. The van der Waals surface area contributed by atoms with E-state index in [-0.39, 0.29) is 42.0 Å². The number of aliphatic hydroxyl groups is 1. The molecule has 0 saturated heterocycles. The summed E-state index contributed by atoms with van der Waals surface area (Å²) in [5.74, 6) is -2.07. The first-order valence-electron chi connectivity index (χ1n) is 12.6. The lowest BCUT2D eigenvalue weighted by Crippen LogP contribution is -2.70. The number of allylic oxidation sites excluding steroid dienone is 4. The van der Waals surface area contributed by atoms with Crippen molar-refractivity contribution < 1.29 is 28.6 Å². The number of fused-ring (bicyclic) bond motifs is 5. The van der Waals surface area contributed by atoms with E-state index in [4.69, 9.17) is 4.74 Å². The van der Waals surface area contributed by atoms with Crippen LogP contribution in [0.25, 0.3) is 0 Å². The maximum atomic E-state index is 17.3. The van der Waals surface area contributed by atoms with Crippen molar-refractivity contribution >= 4 is 30.2 Å². The van der Waals surface area contributed by atoms with Gasteiger partial charge >= 0.3 is 5.97 Å². The van der Waals surface area contributed by atoms with E-state index < -0.39 is 40.1 Å². The Labute approximate surface area is 207 Å². The molecule has 0 radical (unpaired) electrons. The second-order valence-electron chi connectivity index (χ2n) is 11.3. The number of aliphatic hydroxyl groups excluding tert-OH is 1. The molecule has 8 atom stereocenters. The summed E-state index contributed by atoms with van der Waals surface area (Å²) in [6.07, 6.45) is 6.42. The fourth-order valence-corrected chi connectivity index (χ4v) is 8.30. The fourth-order valence-electron chi connectivity index (χ4n) is 8.07. The average Bonchev–Trinajstić information content (AvgIpc) is 3.00. The van der Waals surface area contributed by atoms with Gasteiger partial charge < -0.3 is 9.84 Å². The van der Waals surface area contributed by atoms with Crippen molar-refractivity contribution in [1.82, 2.24) is 0 Å². The topological polar surface area (TPSA) is 80.7 Å². The maximum Gasteiger partial charge on any atom is 0.306 e. The van der Waals surface area contributed by atoms with Crippen LogP contribution >= 0.6 is 12.6 Å². The number of hydrogen-bond acceptors (Lipinski definition) is 6. The van der Waals surface area contributed by atoms with E-state index in [9.17, 15) is 19.5 Å². The number of Topliss-reactive ketones (excluding diaryl/α,β-unsaturated/α-hetero) is 1. The number of esters is 1. The Balaban J connectivity index is 1.80. The van der Waals surface area contributed by atoms with Gasteiger partial charge in [-0.05, 0) is 57.1 Å². The first-order valence-corrected chi connectivity index (χ1v) is 13.2. The molecule has 0 aromatic heterocycles. The smallest absolute Gasteiger partial charge is 0.306 e. The Morgan fingerprint density at radius 1 is 1.29 bits per heavy atom. The molecule has 4 aliphatic carbocycles. The number of halogens is 1. The van der Waals surface area contributed by atoms with Gasteiger partial charge in [-0.25, -0.2) is 4.39 Å². The highest BCUT2D eigenvalue weighted by atomic mass is 32.1. The second-order valence-corrected chi connectivity index (χ2v) is 11.6. The first kappa shape index (κ1) is 25.6. The molecule has 4 rings (SSSR count). The monoisotopic (exact) mass is 492 g/mol. The molecule has 0 spiro atoms. The first-order chi connectivity index (χ1) is 15.9. The van der Waals surface area contributed by atoms with Gasteiger partial charge in [0.2, 0.25) is 0 Å². The molecule has 1 N–H and O–H groups in total. The summed E-state index contributed by atoms with van der Waals surface area (Å²) in [6, 6.07) is 0. The van der Waals surface area contributed by atoms with Crippen LogP contribution in [0.2, 0.25) is 0 Å². The lowest BCUT2D eigenvalue weighted by Gasteiger charge is -2.62. The molecule has 0 heterocycles. The fraction of sp³-hybridized carbons (Fsp3) is 0.741. The van der Waals surface area contributed by atoms with Gasteiger partial charge in [0.05, 0.1) is 11.9 Å². The predicted octanol–water partition coefficient (Wildman–Crippen LogP) is 4.57. The maximum absolute atomic E-state index is 17.3. The van der Waals surface area contributed by atoms with E-state index in [0.29, 0.717) is 25.7 Å². The third-order valence-corrected chi connectivity index (χ3v) is 10.0. The highest BCUT2D eigenvalue weighted by molar-refractivity contribution is 7.81. The molecule has 34 heavy (non-hydrogen) atoms. The van der Waals surface area contributed by atoms with Crippen molar-refractivity contribution in [2.75, 3.05) is 5.75 Å². The zero-order chi connectivity index (χ0) is 25.1. The Kier molecular flexibility index (Phi) is 6.46. The van der Waals surface area contributed by atoms with Gasteiger partial charge in [-0.1, -0.05) is 38.8 Å². The molecular formula is C27H37FO5S. The molecule has 3 saturated carbocycles. The number of rotatable bonds is 6. The van der Waals surface area contributed by atoms with Gasteiger partial charge in [-0.2, -0.15) is 12.6 Å². The van der Waals surface area contributed by atoms with Crippen molar-refractivity contribution in [3.8, 4) is 0 Å². The van der Waals surface area contributed by atoms with E-state index in [1.807, 2.05) is 20.8 Å². The molecular weight excluding hydrogens is 455 g/mol. The average molecular weight is 493 g/mol. The Morgan fingerprint density at radius 2 is 2.00 bits per heavy atom.